The van der Waals surface area contributed by atoms with Crippen molar-refractivity contribution >= 4 is 5.97 Å². The number of carbonyl (C=O) groups is 1. The molecule has 1 aliphatic carbocycles. The predicted molar refractivity (Wildman–Crippen MR) is 94.6 cm³/mol. The lowest BCUT2D eigenvalue weighted by Crippen LogP contribution is -2.31. The number of hydrogen-bond donors (Lipinski definition) is 0. The minimum Gasteiger partial charge on any atom is -0.462 e. The molecule has 4 nitrogen and oxygen atoms in total. The fourth-order valence-electron chi connectivity index (χ4n) is 3.43. The molecule has 0 aromatic rings. The number of allylic oxidation sites excluding steroid dienone is 2. The fraction of sp³-hybridized carbons (Fsp3) is 0.750. The third kappa shape index (κ3) is 7.96. The number of halogens is 2. The van der Waals surface area contributed by atoms with E-state index in [-0.39, 0.29) is 25.2 Å². The van der Waals surface area contributed by atoms with Gasteiger partial charge < -0.3 is 14.2 Å². The van der Waals surface area contributed by atoms with Crippen LogP contribution >= 0.6 is 0 Å². The van der Waals surface area contributed by atoms with E-state index in [0.717, 1.165) is 57.8 Å². The minimum absolute atomic E-state index is 0.00650. The second-order valence-corrected chi connectivity index (χ2v) is 7.13. The van der Waals surface area contributed by atoms with Gasteiger partial charge in [-0.05, 0) is 56.6 Å². The molecule has 0 atom stereocenters. The molecule has 26 heavy (non-hydrogen) atoms. The van der Waals surface area contributed by atoms with Gasteiger partial charge in [0.25, 0.3) is 6.08 Å². The number of esters is 1. The molecule has 1 heterocycles. The van der Waals surface area contributed by atoms with Gasteiger partial charge in [-0.1, -0.05) is 19.4 Å². The summed E-state index contributed by atoms with van der Waals surface area (Å²) in [5, 5.41) is 0. The summed E-state index contributed by atoms with van der Waals surface area (Å²) in [4.78, 5) is 11.6. The third-order valence-electron chi connectivity index (χ3n) is 4.89. The highest BCUT2D eigenvalue weighted by molar-refractivity contribution is 5.69. The molecule has 2 aliphatic rings. The van der Waals surface area contributed by atoms with Gasteiger partial charge in [0.2, 0.25) is 0 Å². The highest BCUT2D eigenvalue weighted by Crippen LogP contribution is 2.28. The summed E-state index contributed by atoms with van der Waals surface area (Å²) in [6.45, 7) is 3.68. The summed E-state index contributed by atoms with van der Waals surface area (Å²) < 4.78 is 40.7. The maximum Gasteiger partial charge on any atom is 0.306 e. The Hall–Kier alpha value is -1.27. The van der Waals surface area contributed by atoms with Crippen molar-refractivity contribution in [3.63, 3.8) is 0 Å². The Balaban J connectivity index is 1.61. The first-order valence-corrected chi connectivity index (χ1v) is 9.69. The smallest absolute Gasteiger partial charge is 0.306 e. The van der Waals surface area contributed by atoms with E-state index in [1.165, 1.54) is 0 Å². The lowest BCUT2D eigenvalue weighted by molar-refractivity contribution is -0.175. The molecule has 0 aromatic carbocycles. The van der Waals surface area contributed by atoms with Gasteiger partial charge in [-0.3, -0.25) is 4.79 Å². The van der Waals surface area contributed by atoms with Gasteiger partial charge in [-0.2, -0.15) is 8.78 Å². The predicted octanol–water partition coefficient (Wildman–Crippen LogP) is 4.99. The highest BCUT2D eigenvalue weighted by atomic mass is 19.3. The lowest BCUT2D eigenvalue weighted by atomic mass is 9.87. The van der Waals surface area contributed by atoms with E-state index in [1.807, 2.05) is 6.08 Å². The average Bonchev–Trinajstić information content (AvgIpc) is 2.62. The van der Waals surface area contributed by atoms with E-state index in [1.54, 1.807) is 0 Å². The summed E-state index contributed by atoms with van der Waals surface area (Å²) in [5.41, 5.74) is 0. The van der Waals surface area contributed by atoms with Crippen molar-refractivity contribution in [2.24, 2.45) is 11.8 Å². The van der Waals surface area contributed by atoms with E-state index in [0.29, 0.717) is 11.8 Å². The third-order valence-corrected chi connectivity index (χ3v) is 4.89. The van der Waals surface area contributed by atoms with Crippen LogP contribution in [0.4, 0.5) is 8.78 Å². The highest BCUT2D eigenvalue weighted by Gasteiger charge is 2.24. The Morgan fingerprint density at radius 1 is 1.12 bits per heavy atom. The normalized spacial score (nSPS) is 29.5. The summed E-state index contributed by atoms with van der Waals surface area (Å²) in [5.74, 6) is 0.549. The molecule has 1 saturated carbocycles. The number of carbonyl (C=O) groups excluding carboxylic acids is 1. The topological polar surface area (TPSA) is 44.8 Å². The molecule has 0 radical (unpaired) electrons. The zero-order valence-electron chi connectivity index (χ0n) is 15.5. The average molecular weight is 372 g/mol. The van der Waals surface area contributed by atoms with Gasteiger partial charge in [0.15, 0.2) is 6.29 Å². The standard InChI is InChI=1S/C20H30F2O4/c1-2-4-16-13-24-20(25-14-16)12-9-15-7-10-17(11-8-15)26-19(23)6-3-5-18(21)22/h5,9,12,15-17,20H,2-4,6-8,10-11,13-14H2,1H3. The fourth-order valence-corrected chi connectivity index (χ4v) is 3.43. The molecular formula is C20H30F2O4. The van der Waals surface area contributed by atoms with Crippen LogP contribution in [0.3, 0.4) is 0 Å². The second-order valence-electron chi connectivity index (χ2n) is 7.13. The van der Waals surface area contributed by atoms with Crippen molar-refractivity contribution in [1.82, 2.24) is 0 Å². The van der Waals surface area contributed by atoms with Gasteiger partial charge >= 0.3 is 5.97 Å². The zero-order valence-corrected chi connectivity index (χ0v) is 15.5. The van der Waals surface area contributed by atoms with E-state index in [2.05, 4.69) is 13.0 Å². The lowest BCUT2D eigenvalue weighted by Gasteiger charge is -2.29. The Kier molecular flexibility index (Phi) is 9.26. The van der Waals surface area contributed by atoms with Gasteiger partial charge in [-0.25, -0.2) is 0 Å². The largest absolute Gasteiger partial charge is 0.462 e. The van der Waals surface area contributed by atoms with Gasteiger partial charge in [0, 0.05) is 12.3 Å². The molecule has 1 aliphatic heterocycles. The summed E-state index contributed by atoms with van der Waals surface area (Å²) in [6.07, 6.45) is 8.62. The maximum atomic E-state index is 11.9. The van der Waals surface area contributed by atoms with Crippen LogP contribution in [-0.2, 0) is 19.0 Å². The zero-order chi connectivity index (χ0) is 18.8. The van der Waals surface area contributed by atoms with E-state index >= 15 is 0 Å². The molecule has 0 N–H and O–H groups in total. The Morgan fingerprint density at radius 2 is 1.81 bits per heavy atom. The molecule has 0 spiro atoms. The molecule has 2 fully saturated rings. The molecule has 148 valence electrons. The summed E-state index contributed by atoms with van der Waals surface area (Å²) >= 11 is 0. The van der Waals surface area contributed by atoms with Crippen LogP contribution in [0, 0.1) is 11.8 Å². The molecule has 6 heteroatoms. The van der Waals surface area contributed by atoms with E-state index in [9.17, 15) is 13.6 Å². The van der Waals surface area contributed by atoms with Gasteiger partial charge in [0.1, 0.15) is 6.10 Å². The number of rotatable bonds is 8. The van der Waals surface area contributed by atoms with Crippen LogP contribution in [0.1, 0.15) is 58.3 Å². The van der Waals surface area contributed by atoms with E-state index < -0.39 is 12.0 Å². The molecule has 2 rings (SSSR count). The number of ether oxygens (including phenoxy) is 3. The molecule has 0 amide bonds. The van der Waals surface area contributed by atoms with Crippen LogP contribution in [0.2, 0.25) is 0 Å². The van der Waals surface area contributed by atoms with Crippen molar-refractivity contribution in [1.29, 1.82) is 0 Å². The SMILES string of the molecule is CCCC1COC(C=CC2CCC(OC(=O)CCC=C(F)F)CC2)OC1. The van der Waals surface area contributed by atoms with Crippen LogP contribution in [0.25, 0.3) is 0 Å². The second kappa shape index (κ2) is 11.4. The van der Waals surface area contributed by atoms with Gasteiger partial charge in [0.05, 0.1) is 13.2 Å². The monoisotopic (exact) mass is 372 g/mol. The Labute approximate surface area is 154 Å². The van der Waals surface area contributed by atoms with Crippen molar-refractivity contribution in [2.75, 3.05) is 13.2 Å². The van der Waals surface area contributed by atoms with Crippen LogP contribution in [0.15, 0.2) is 24.3 Å². The Morgan fingerprint density at radius 3 is 2.42 bits per heavy atom. The first kappa shape index (κ1) is 21.0. The quantitative estimate of drug-likeness (QED) is 0.445. The molecule has 0 bridgehead atoms. The van der Waals surface area contributed by atoms with Crippen molar-refractivity contribution in [3.05, 3.63) is 24.3 Å². The molecule has 0 unspecified atom stereocenters. The number of hydrogen-bond acceptors (Lipinski definition) is 4. The first-order valence-electron chi connectivity index (χ1n) is 9.69. The minimum atomic E-state index is -1.75. The first-order chi connectivity index (χ1) is 12.6. The van der Waals surface area contributed by atoms with Crippen LogP contribution in [-0.4, -0.2) is 31.6 Å². The van der Waals surface area contributed by atoms with Crippen molar-refractivity contribution < 1.29 is 27.8 Å². The van der Waals surface area contributed by atoms with Crippen LogP contribution in [0.5, 0.6) is 0 Å². The maximum absolute atomic E-state index is 11.9. The summed E-state index contributed by atoms with van der Waals surface area (Å²) in [7, 11) is 0. The van der Waals surface area contributed by atoms with Crippen LogP contribution < -0.4 is 0 Å². The molecular weight excluding hydrogens is 342 g/mol. The van der Waals surface area contributed by atoms with Crippen molar-refractivity contribution in [2.45, 2.75) is 70.7 Å². The van der Waals surface area contributed by atoms with E-state index in [4.69, 9.17) is 14.2 Å². The van der Waals surface area contributed by atoms with Crippen molar-refractivity contribution in [3.8, 4) is 0 Å². The summed E-state index contributed by atoms with van der Waals surface area (Å²) in [6, 6.07) is 0. The Bertz CT molecular complexity index is 472. The molecule has 0 aromatic heterocycles. The van der Waals surface area contributed by atoms with Gasteiger partial charge in [-0.15, -0.1) is 0 Å². The molecule has 1 saturated heterocycles.